The Bertz CT molecular complexity index is 401. The van der Waals surface area contributed by atoms with Crippen LogP contribution in [-0.2, 0) is 17.6 Å². The van der Waals surface area contributed by atoms with Crippen molar-refractivity contribution in [3.8, 4) is 0 Å². The summed E-state index contributed by atoms with van der Waals surface area (Å²) < 4.78 is 15.5. The predicted octanol–water partition coefficient (Wildman–Crippen LogP) is 1.88. The summed E-state index contributed by atoms with van der Waals surface area (Å²) in [6, 6.07) is 6.31. The first-order chi connectivity index (χ1) is 6.77. The number of halogens is 2. The van der Waals surface area contributed by atoms with Crippen molar-refractivity contribution in [2.75, 3.05) is 0 Å². The molecule has 5 heteroatoms. The topological polar surface area (TPSA) is 17.8 Å². The monoisotopic (exact) mass is 394 g/mol. The molecule has 0 fully saturated rings. The Morgan fingerprint density at radius 3 is 2.57 bits per heavy atom. The van der Waals surface area contributed by atoms with Gasteiger partial charge in [0, 0.05) is 0 Å². The molecule has 0 unspecified atom stereocenters. The minimum absolute atomic E-state index is 0.237. The first-order valence-corrected chi connectivity index (χ1v) is 8.51. The molecule has 2 aromatic rings. The molecule has 0 aliphatic rings. The van der Waals surface area contributed by atoms with Gasteiger partial charge in [-0.15, -0.1) is 0 Å². The molecule has 0 saturated carbocycles. The van der Waals surface area contributed by atoms with E-state index in [-0.39, 0.29) is 5.82 Å². The minimum atomic E-state index is -1.82. The normalized spacial score (nSPS) is 11.4. The summed E-state index contributed by atoms with van der Waals surface area (Å²) in [6.07, 6.45) is 5.21. The molecule has 2 nitrogen and oxygen atoms in total. The number of rotatable bonds is 2. The fourth-order valence-corrected chi connectivity index (χ4v) is 4.40. The van der Waals surface area contributed by atoms with Crippen LogP contribution in [0.1, 0.15) is 0 Å². The second kappa shape index (κ2) is 4.28. The van der Waals surface area contributed by atoms with Crippen LogP contribution in [0.5, 0.6) is 0 Å². The molecule has 0 atom stereocenters. The summed E-state index contributed by atoms with van der Waals surface area (Å²) in [5, 5.41) is 0. The van der Waals surface area contributed by atoms with E-state index in [1.165, 1.54) is 12.1 Å². The van der Waals surface area contributed by atoms with Crippen LogP contribution in [0.25, 0.3) is 0 Å². The van der Waals surface area contributed by atoms with Gasteiger partial charge in [0.05, 0.1) is 0 Å². The molecule has 0 radical (unpaired) electrons. The van der Waals surface area contributed by atoms with Crippen molar-refractivity contribution >= 4 is 13.0 Å². The first kappa shape index (κ1) is 9.93. The Labute approximate surface area is 91.6 Å². The molecule has 2 rings (SSSR count). The number of imidazole rings is 1. The maximum absolute atomic E-state index is 12.6. The van der Waals surface area contributed by atoms with E-state index in [1.54, 1.807) is 24.7 Å². The van der Waals surface area contributed by atoms with E-state index in [0.717, 1.165) is 3.78 Å². The number of hydrogen-bond acceptors (Lipinski definition) is 1. The summed E-state index contributed by atoms with van der Waals surface area (Å²) in [5.41, 5.74) is 0. The van der Waals surface area contributed by atoms with Gasteiger partial charge >= 0.3 is 91.7 Å². The van der Waals surface area contributed by atoms with Crippen LogP contribution in [-0.4, -0.2) is 7.95 Å². The quantitative estimate of drug-likeness (QED) is 0.712. The van der Waals surface area contributed by atoms with Gasteiger partial charge in [-0.25, -0.2) is 0 Å². The third-order valence-corrected chi connectivity index (χ3v) is 6.86. The molecule has 0 amide bonds. The van der Waals surface area contributed by atoms with Crippen LogP contribution in [0.3, 0.4) is 0 Å². The van der Waals surface area contributed by atoms with E-state index in [9.17, 15) is 4.39 Å². The fourth-order valence-electron chi connectivity index (χ4n) is 0.892. The van der Waals surface area contributed by atoms with Crippen molar-refractivity contribution in [3.05, 3.63) is 48.8 Å². The van der Waals surface area contributed by atoms with Gasteiger partial charge in [0.1, 0.15) is 0 Å². The SMILES string of the molecule is Fc1cc[c]([Au]([Cl])[n]2ccnc2)cc1. The Morgan fingerprint density at radius 2 is 2.00 bits per heavy atom. The van der Waals surface area contributed by atoms with Gasteiger partial charge in [-0.3, -0.25) is 0 Å². The average molecular weight is 395 g/mol. The number of aromatic nitrogens is 2. The molecule has 0 N–H and O–H groups in total. The van der Waals surface area contributed by atoms with Gasteiger partial charge in [-0.1, -0.05) is 0 Å². The molecule has 1 aromatic carbocycles. The Hall–Kier alpha value is -0.610. The molecule has 14 heavy (non-hydrogen) atoms. The molecule has 0 aliphatic carbocycles. The van der Waals surface area contributed by atoms with Crippen LogP contribution >= 0.6 is 9.19 Å². The molecule has 0 bridgehead atoms. The third kappa shape index (κ3) is 2.07. The van der Waals surface area contributed by atoms with Crippen molar-refractivity contribution < 1.29 is 22.0 Å². The van der Waals surface area contributed by atoms with Crippen LogP contribution in [0.15, 0.2) is 43.0 Å². The summed E-state index contributed by atoms with van der Waals surface area (Å²) >= 11 is -1.82. The van der Waals surface area contributed by atoms with E-state index in [2.05, 4.69) is 4.98 Å². The number of benzene rings is 1. The fraction of sp³-hybridized carbons (Fsp3) is 0. The Morgan fingerprint density at radius 1 is 1.29 bits per heavy atom. The van der Waals surface area contributed by atoms with Gasteiger partial charge in [0.25, 0.3) is 0 Å². The van der Waals surface area contributed by atoms with E-state index in [1.807, 2.05) is 9.17 Å². The summed E-state index contributed by atoms with van der Waals surface area (Å²) in [7, 11) is 6.27. The zero-order valence-electron chi connectivity index (χ0n) is 6.99. The standard InChI is InChI=1S/C6H4F.C3H3N2.Au.ClH/c7-6-4-2-1-3-5-6;1-2-5-3-4-1;;/h2-5H;1-3H;;1H/q;-1;+2;/p-1. The molecular formula is C9H7AuClFN2. The second-order valence-electron chi connectivity index (χ2n) is 2.44. The zero-order chi connectivity index (χ0) is 9.97. The van der Waals surface area contributed by atoms with Gasteiger partial charge in [0.15, 0.2) is 0 Å². The maximum atomic E-state index is 12.6. The van der Waals surface area contributed by atoms with Gasteiger partial charge in [-0.2, -0.15) is 0 Å². The number of nitrogens with zero attached hydrogens (tertiary/aromatic N) is 2. The van der Waals surface area contributed by atoms with Gasteiger partial charge < -0.3 is 0 Å². The summed E-state index contributed by atoms with van der Waals surface area (Å²) in [5.74, 6) is -0.237. The van der Waals surface area contributed by atoms with Crippen molar-refractivity contribution in [1.29, 1.82) is 0 Å². The average Bonchev–Trinajstić information content (AvgIpc) is 2.71. The van der Waals surface area contributed by atoms with E-state index in [4.69, 9.17) is 9.19 Å². The summed E-state index contributed by atoms with van der Waals surface area (Å²) in [6.45, 7) is 0. The van der Waals surface area contributed by atoms with Crippen LogP contribution in [0.4, 0.5) is 4.39 Å². The summed E-state index contributed by atoms with van der Waals surface area (Å²) in [4.78, 5) is 3.93. The zero-order valence-corrected chi connectivity index (χ0v) is 9.92. The third-order valence-electron chi connectivity index (χ3n) is 1.51. The van der Waals surface area contributed by atoms with Crippen molar-refractivity contribution in [2.45, 2.75) is 0 Å². The van der Waals surface area contributed by atoms with Gasteiger partial charge in [0.2, 0.25) is 0 Å². The Balaban J connectivity index is 2.28. The molecule has 78 valence electrons. The second-order valence-corrected chi connectivity index (χ2v) is 7.83. The molecule has 0 spiro atoms. The van der Waals surface area contributed by atoms with Gasteiger partial charge in [-0.05, 0) is 0 Å². The van der Waals surface area contributed by atoms with Crippen molar-refractivity contribution in [2.24, 2.45) is 0 Å². The molecule has 0 aliphatic heterocycles. The van der Waals surface area contributed by atoms with E-state index in [0.29, 0.717) is 0 Å². The van der Waals surface area contributed by atoms with E-state index >= 15 is 0 Å². The molecular weight excluding hydrogens is 388 g/mol. The molecule has 0 saturated heterocycles. The van der Waals surface area contributed by atoms with Crippen LogP contribution < -0.4 is 3.78 Å². The molecule has 1 aromatic heterocycles. The predicted molar refractivity (Wildman–Crippen MR) is 49.5 cm³/mol. The first-order valence-electron chi connectivity index (χ1n) is 3.78. The van der Waals surface area contributed by atoms with Crippen LogP contribution in [0, 0.1) is 5.82 Å². The number of hydrogen-bond donors (Lipinski definition) is 0. The van der Waals surface area contributed by atoms with E-state index < -0.39 is 17.6 Å². The van der Waals surface area contributed by atoms with Crippen LogP contribution in [0.2, 0.25) is 0 Å². The molecule has 1 heterocycles. The van der Waals surface area contributed by atoms with Crippen molar-refractivity contribution in [1.82, 2.24) is 7.95 Å². The van der Waals surface area contributed by atoms with Crippen molar-refractivity contribution in [3.63, 3.8) is 0 Å². The Kier molecular flexibility index (Phi) is 3.03.